The van der Waals surface area contributed by atoms with Gasteiger partial charge in [-0.15, -0.1) is 10.2 Å². The molecule has 0 saturated heterocycles. The molecule has 4 rings (SSSR count). The van der Waals surface area contributed by atoms with Crippen molar-refractivity contribution in [3.8, 4) is 6.07 Å². The lowest BCUT2D eigenvalue weighted by Gasteiger charge is -2.10. The van der Waals surface area contributed by atoms with E-state index in [-0.39, 0.29) is 5.56 Å². The number of benzene rings is 2. The predicted molar refractivity (Wildman–Crippen MR) is 98.9 cm³/mol. The van der Waals surface area contributed by atoms with Crippen LogP contribution in [0.4, 0.5) is 5.69 Å². The summed E-state index contributed by atoms with van der Waals surface area (Å²) < 4.78 is 3.52. The number of nitrogens with zero attached hydrogens (tertiary/aromatic N) is 5. The number of aromatic nitrogens is 4. The van der Waals surface area contributed by atoms with Crippen molar-refractivity contribution < 1.29 is 0 Å². The van der Waals surface area contributed by atoms with Crippen molar-refractivity contribution in [3.05, 3.63) is 70.3 Å². The quantitative estimate of drug-likeness (QED) is 0.615. The maximum absolute atomic E-state index is 12.7. The van der Waals surface area contributed by atoms with E-state index in [1.165, 1.54) is 0 Å². The van der Waals surface area contributed by atoms with Gasteiger partial charge in [0.2, 0.25) is 5.78 Å². The maximum Gasteiger partial charge on any atom is 0.262 e. The number of rotatable bonds is 4. The van der Waals surface area contributed by atoms with E-state index in [2.05, 4.69) is 21.6 Å². The van der Waals surface area contributed by atoms with Crippen molar-refractivity contribution in [2.45, 2.75) is 20.0 Å². The number of anilines is 1. The van der Waals surface area contributed by atoms with Crippen molar-refractivity contribution in [2.75, 3.05) is 5.32 Å². The van der Waals surface area contributed by atoms with Gasteiger partial charge >= 0.3 is 0 Å². The molecule has 2 heterocycles. The van der Waals surface area contributed by atoms with Gasteiger partial charge in [-0.1, -0.05) is 18.2 Å². The zero-order valence-corrected chi connectivity index (χ0v) is 14.2. The molecule has 0 aliphatic rings. The Labute approximate surface area is 149 Å². The smallest absolute Gasteiger partial charge is 0.262 e. The molecule has 7 nitrogen and oxygen atoms in total. The number of hydrogen-bond donors (Lipinski definition) is 1. The lowest BCUT2D eigenvalue weighted by atomic mass is 10.2. The van der Waals surface area contributed by atoms with E-state index in [4.69, 9.17) is 5.26 Å². The molecule has 0 aliphatic heterocycles. The molecule has 0 amide bonds. The Morgan fingerprint density at radius 3 is 2.81 bits per heavy atom. The van der Waals surface area contributed by atoms with Gasteiger partial charge < -0.3 is 5.32 Å². The van der Waals surface area contributed by atoms with E-state index in [0.717, 1.165) is 11.2 Å². The molecule has 128 valence electrons. The fraction of sp³-hybridized carbons (Fsp3) is 0.158. The molecule has 0 spiro atoms. The van der Waals surface area contributed by atoms with Gasteiger partial charge in [-0.3, -0.25) is 13.8 Å². The molecular weight excluding hydrogens is 328 g/mol. The third-order valence-corrected chi connectivity index (χ3v) is 4.33. The number of fused-ring (bicyclic) bond motifs is 3. The second-order valence-corrected chi connectivity index (χ2v) is 5.86. The lowest BCUT2D eigenvalue weighted by Crippen LogP contribution is -2.22. The number of nitrogens with one attached hydrogen (secondary N) is 1. The van der Waals surface area contributed by atoms with Gasteiger partial charge in [-0.25, -0.2) is 0 Å². The Morgan fingerprint density at radius 1 is 1.15 bits per heavy atom. The van der Waals surface area contributed by atoms with Crippen LogP contribution in [0.15, 0.2) is 53.3 Å². The summed E-state index contributed by atoms with van der Waals surface area (Å²) in [5, 5.41) is 21.4. The summed E-state index contributed by atoms with van der Waals surface area (Å²) in [5.41, 5.74) is 2.13. The van der Waals surface area contributed by atoms with Crippen LogP contribution in [0.5, 0.6) is 0 Å². The van der Waals surface area contributed by atoms with Gasteiger partial charge in [-0.2, -0.15) is 5.26 Å². The van der Waals surface area contributed by atoms with Crippen molar-refractivity contribution in [2.24, 2.45) is 0 Å². The molecule has 2 aromatic heterocycles. The summed E-state index contributed by atoms with van der Waals surface area (Å²) >= 11 is 0. The highest BCUT2D eigenvalue weighted by atomic mass is 16.1. The van der Waals surface area contributed by atoms with Crippen molar-refractivity contribution in [1.82, 2.24) is 19.2 Å². The summed E-state index contributed by atoms with van der Waals surface area (Å²) in [6, 6.07) is 16.8. The Bertz CT molecular complexity index is 1210. The van der Waals surface area contributed by atoms with E-state index >= 15 is 0 Å². The first-order valence-corrected chi connectivity index (χ1v) is 8.32. The Balaban J connectivity index is 1.82. The molecule has 2 aromatic carbocycles. The van der Waals surface area contributed by atoms with E-state index in [0.29, 0.717) is 35.6 Å². The van der Waals surface area contributed by atoms with Gasteiger partial charge in [-0.05, 0) is 37.3 Å². The average molecular weight is 344 g/mol. The Hall–Kier alpha value is -3.66. The fourth-order valence-electron chi connectivity index (χ4n) is 3.09. The number of aryl methyl sites for hydroxylation is 1. The number of hydrogen-bond acceptors (Lipinski definition) is 5. The topological polar surface area (TPSA) is 88.0 Å². The van der Waals surface area contributed by atoms with E-state index in [1.54, 1.807) is 16.7 Å². The normalized spacial score (nSPS) is 10.9. The SMILES string of the molecule is CCn1c(=O)c2ccccc2n2c(CNc3cccc(C#N)c3)nnc12. The van der Waals surface area contributed by atoms with Crippen LogP contribution in [0.3, 0.4) is 0 Å². The molecule has 1 N–H and O–H groups in total. The molecular formula is C19H16N6O. The number of para-hydroxylation sites is 1. The van der Waals surface area contributed by atoms with Gasteiger partial charge in [0, 0.05) is 12.2 Å². The minimum atomic E-state index is -0.0655. The van der Waals surface area contributed by atoms with E-state index in [9.17, 15) is 4.79 Å². The first-order chi connectivity index (χ1) is 12.7. The molecule has 0 radical (unpaired) electrons. The zero-order valence-electron chi connectivity index (χ0n) is 14.2. The van der Waals surface area contributed by atoms with Crippen molar-refractivity contribution in [3.63, 3.8) is 0 Å². The van der Waals surface area contributed by atoms with Crippen LogP contribution in [-0.4, -0.2) is 19.2 Å². The van der Waals surface area contributed by atoms with Crippen LogP contribution in [0.1, 0.15) is 18.3 Å². The summed E-state index contributed by atoms with van der Waals surface area (Å²) in [7, 11) is 0. The summed E-state index contributed by atoms with van der Waals surface area (Å²) in [5.74, 6) is 1.22. The highest BCUT2D eigenvalue weighted by Crippen LogP contribution is 2.16. The van der Waals surface area contributed by atoms with Gasteiger partial charge in [0.15, 0.2) is 5.82 Å². The highest BCUT2D eigenvalue weighted by Gasteiger charge is 2.15. The first kappa shape index (κ1) is 15.8. The summed E-state index contributed by atoms with van der Waals surface area (Å²) in [6.45, 7) is 2.85. The Kier molecular flexibility index (Phi) is 3.86. The summed E-state index contributed by atoms with van der Waals surface area (Å²) in [4.78, 5) is 12.7. The largest absolute Gasteiger partial charge is 0.378 e. The van der Waals surface area contributed by atoms with Gasteiger partial charge in [0.05, 0.1) is 29.1 Å². The molecule has 26 heavy (non-hydrogen) atoms. The standard InChI is InChI=1S/C19H16N6O/c1-2-24-18(26)15-8-3-4-9-16(15)25-17(22-23-19(24)25)12-21-14-7-5-6-13(10-14)11-20/h3-10,21H,2,12H2,1H3. The van der Waals surface area contributed by atoms with Crippen LogP contribution in [0, 0.1) is 11.3 Å². The second kappa shape index (κ2) is 6.33. The van der Waals surface area contributed by atoms with E-state index in [1.807, 2.05) is 47.7 Å². The average Bonchev–Trinajstić information content (AvgIpc) is 3.11. The molecule has 0 saturated carbocycles. The molecule has 4 aromatic rings. The van der Waals surface area contributed by atoms with Crippen LogP contribution in [0.25, 0.3) is 16.7 Å². The molecule has 0 fully saturated rings. The predicted octanol–water partition coefficient (Wildman–Crippen LogP) is 2.55. The highest BCUT2D eigenvalue weighted by molar-refractivity contribution is 5.80. The van der Waals surface area contributed by atoms with Crippen LogP contribution >= 0.6 is 0 Å². The fourth-order valence-corrected chi connectivity index (χ4v) is 3.09. The van der Waals surface area contributed by atoms with Gasteiger partial charge in [0.25, 0.3) is 5.56 Å². The van der Waals surface area contributed by atoms with Gasteiger partial charge in [0.1, 0.15) is 0 Å². The van der Waals surface area contributed by atoms with Crippen molar-refractivity contribution >= 4 is 22.4 Å². The van der Waals surface area contributed by atoms with Crippen LogP contribution < -0.4 is 10.9 Å². The number of nitriles is 1. The second-order valence-electron chi connectivity index (χ2n) is 5.86. The van der Waals surface area contributed by atoms with E-state index < -0.39 is 0 Å². The van der Waals surface area contributed by atoms with Crippen LogP contribution in [0.2, 0.25) is 0 Å². The molecule has 0 atom stereocenters. The third kappa shape index (κ3) is 2.48. The zero-order chi connectivity index (χ0) is 18.1. The molecule has 0 bridgehead atoms. The lowest BCUT2D eigenvalue weighted by molar-refractivity contribution is 0.734. The Morgan fingerprint density at radius 2 is 2.00 bits per heavy atom. The van der Waals surface area contributed by atoms with Crippen LogP contribution in [-0.2, 0) is 13.1 Å². The minimum Gasteiger partial charge on any atom is -0.378 e. The van der Waals surface area contributed by atoms with Crippen molar-refractivity contribution in [1.29, 1.82) is 5.26 Å². The third-order valence-electron chi connectivity index (χ3n) is 4.33. The molecule has 0 unspecified atom stereocenters. The molecule has 0 aliphatic carbocycles. The monoisotopic (exact) mass is 344 g/mol. The summed E-state index contributed by atoms with van der Waals surface area (Å²) in [6.07, 6.45) is 0. The first-order valence-electron chi connectivity index (χ1n) is 8.32. The minimum absolute atomic E-state index is 0.0655. The maximum atomic E-state index is 12.7. The molecule has 7 heteroatoms.